The van der Waals surface area contributed by atoms with Crippen LogP contribution in [-0.2, 0) is 4.79 Å². The number of guanidine groups is 1. The van der Waals surface area contributed by atoms with E-state index in [1.807, 2.05) is 31.2 Å². The van der Waals surface area contributed by atoms with Gasteiger partial charge in [0.1, 0.15) is 0 Å². The Labute approximate surface area is 185 Å². The zero-order valence-corrected chi connectivity index (χ0v) is 18.6. The largest absolute Gasteiger partial charge is 0.401 e. The molecule has 3 N–H and O–H groups in total. The van der Waals surface area contributed by atoms with E-state index in [2.05, 4.69) is 20.9 Å². The topological polar surface area (TPSA) is 68.8 Å². The summed E-state index contributed by atoms with van der Waals surface area (Å²) in [6, 6.07) is 7.59. The van der Waals surface area contributed by atoms with Crippen molar-refractivity contribution < 1.29 is 18.0 Å². The van der Waals surface area contributed by atoms with Crippen LogP contribution in [0.5, 0.6) is 0 Å². The molecule has 10 heteroatoms. The molecule has 2 heterocycles. The second kappa shape index (κ2) is 10.5. The van der Waals surface area contributed by atoms with Gasteiger partial charge in [-0.2, -0.15) is 13.2 Å². The molecule has 0 aromatic heterocycles. The van der Waals surface area contributed by atoms with E-state index in [9.17, 15) is 18.0 Å². The number of fused-ring (bicyclic) bond motifs is 1. The maximum Gasteiger partial charge on any atom is 0.401 e. The highest BCUT2D eigenvalue weighted by atomic mass is 127. The van der Waals surface area contributed by atoms with Crippen molar-refractivity contribution in [2.75, 3.05) is 38.0 Å². The number of benzene rings is 1. The van der Waals surface area contributed by atoms with Crippen LogP contribution in [0, 0.1) is 0 Å². The average Bonchev–Trinajstić information content (AvgIpc) is 3.04. The number of nitrogens with one attached hydrogen (secondary N) is 3. The minimum absolute atomic E-state index is 0. The van der Waals surface area contributed by atoms with Gasteiger partial charge in [-0.25, -0.2) is 0 Å². The zero-order valence-electron chi connectivity index (χ0n) is 16.3. The van der Waals surface area contributed by atoms with Crippen molar-refractivity contribution in [3.05, 3.63) is 29.8 Å². The number of nitrogens with zero attached hydrogens (tertiary/aromatic N) is 2. The Kier molecular flexibility index (Phi) is 8.56. The number of halogens is 4. The second-order valence-corrected chi connectivity index (χ2v) is 7.24. The number of rotatable bonds is 5. The van der Waals surface area contributed by atoms with Crippen LogP contribution in [0.25, 0.3) is 0 Å². The molecule has 162 valence electrons. The van der Waals surface area contributed by atoms with E-state index >= 15 is 0 Å². The third-order valence-electron chi connectivity index (χ3n) is 4.94. The van der Waals surface area contributed by atoms with Gasteiger partial charge in [0.05, 0.1) is 13.1 Å². The maximum atomic E-state index is 12.6. The first-order valence-electron chi connectivity index (χ1n) is 9.57. The van der Waals surface area contributed by atoms with Gasteiger partial charge in [0.15, 0.2) is 5.96 Å². The number of anilines is 1. The van der Waals surface area contributed by atoms with E-state index in [4.69, 9.17) is 0 Å². The van der Waals surface area contributed by atoms with Gasteiger partial charge in [-0.3, -0.25) is 14.7 Å². The Morgan fingerprint density at radius 2 is 2.10 bits per heavy atom. The van der Waals surface area contributed by atoms with Gasteiger partial charge >= 0.3 is 6.18 Å². The summed E-state index contributed by atoms with van der Waals surface area (Å²) in [5, 5.41) is 9.25. The smallest absolute Gasteiger partial charge is 0.357 e. The Morgan fingerprint density at radius 1 is 1.34 bits per heavy atom. The quantitative estimate of drug-likeness (QED) is 0.314. The Morgan fingerprint density at radius 3 is 2.83 bits per heavy atom. The third-order valence-corrected chi connectivity index (χ3v) is 4.94. The lowest BCUT2D eigenvalue weighted by Crippen LogP contribution is -2.45. The Balaban J connectivity index is 0.00000300. The number of para-hydroxylation sites is 1. The molecule has 1 saturated heterocycles. The van der Waals surface area contributed by atoms with Crippen LogP contribution in [0.1, 0.15) is 31.2 Å². The number of hydrogen-bond acceptors (Lipinski definition) is 3. The summed E-state index contributed by atoms with van der Waals surface area (Å²) in [7, 11) is 0. The van der Waals surface area contributed by atoms with E-state index in [1.165, 1.54) is 4.90 Å². The fourth-order valence-corrected chi connectivity index (χ4v) is 3.73. The number of alkyl halides is 3. The lowest BCUT2D eigenvalue weighted by molar-refractivity contribution is -0.143. The molecular formula is C19H27F3IN5O. The molecule has 1 aromatic carbocycles. The number of aliphatic imine (C=N–C) groups is 1. The highest BCUT2D eigenvalue weighted by Crippen LogP contribution is 2.32. The summed E-state index contributed by atoms with van der Waals surface area (Å²) in [5.41, 5.74) is 1.87. The third kappa shape index (κ3) is 7.02. The second-order valence-electron chi connectivity index (χ2n) is 7.24. The number of carbonyl (C=O) groups excluding carboxylic acids is 1. The summed E-state index contributed by atoms with van der Waals surface area (Å²) in [4.78, 5) is 18.0. The summed E-state index contributed by atoms with van der Waals surface area (Å²) in [6.45, 7) is 2.87. The van der Waals surface area contributed by atoms with Gasteiger partial charge in [0.25, 0.3) is 0 Å². The van der Waals surface area contributed by atoms with Gasteiger partial charge in [0, 0.05) is 43.7 Å². The van der Waals surface area contributed by atoms with Crippen molar-refractivity contribution in [2.24, 2.45) is 4.99 Å². The van der Waals surface area contributed by atoms with E-state index in [-0.39, 0.29) is 41.8 Å². The van der Waals surface area contributed by atoms with Crippen LogP contribution in [0.3, 0.4) is 0 Å². The molecule has 1 fully saturated rings. The molecule has 3 rings (SSSR count). The first kappa shape index (κ1) is 23.7. The van der Waals surface area contributed by atoms with Gasteiger partial charge < -0.3 is 16.0 Å². The van der Waals surface area contributed by atoms with E-state index in [0.29, 0.717) is 45.0 Å². The van der Waals surface area contributed by atoms with Crippen LogP contribution in [0.15, 0.2) is 29.3 Å². The van der Waals surface area contributed by atoms with Crippen LogP contribution < -0.4 is 16.0 Å². The van der Waals surface area contributed by atoms with E-state index in [0.717, 1.165) is 11.3 Å². The van der Waals surface area contributed by atoms with Gasteiger partial charge in [-0.15, -0.1) is 24.0 Å². The van der Waals surface area contributed by atoms with Crippen molar-refractivity contribution in [2.45, 2.75) is 37.9 Å². The molecule has 2 aliphatic rings. The van der Waals surface area contributed by atoms with Crippen LogP contribution in [-0.4, -0.2) is 61.7 Å². The highest BCUT2D eigenvalue weighted by molar-refractivity contribution is 14.0. The van der Waals surface area contributed by atoms with Crippen molar-refractivity contribution in [3.8, 4) is 0 Å². The van der Waals surface area contributed by atoms with Gasteiger partial charge in [-0.1, -0.05) is 18.2 Å². The fourth-order valence-electron chi connectivity index (χ4n) is 3.73. The Hall–Kier alpha value is -1.56. The molecular weight excluding hydrogens is 498 g/mol. The van der Waals surface area contributed by atoms with Crippen molar-refractivity contribution in [1.29, 1.82) is 0 Å². The highest BCUT2D eigenvalue weighted by Gasteiger charge is 2.34. The predicted molar refractivity (Wildman–Crippen MR) is 118 cm³/mol. The molecule has 1 amide bonds. The van der Waals surface area contributed by atoms with Crippen LogP contribution in [0.2, 0.25) is 0 Å². The van der Waals surface area contributed by atoms with Gasteiger partial charge in [0.2, 0.25) is 5.91 Å². The molecule has 29 heavy (non-hydrogen) atoms. The molecule has 2 atom stereocenters. The average molecular weight is 525 g/mol. The molecule has 6 nitrogen and oxygen atoms in total. The SMILES string of the molecule is CCNC(=NCC1CC(=O)Nc2ccccc21)NC1CCN(CC(F)(F)F)C1.I. The number of amides is 1. The van der Waals surface area contributed by atoms with Crippen LogP contribution in [0.4, 0.5) is 18.9 Å². The zero-order chi connectivity index (χ0) is 20.1. The lowest BCUT2D eigenvalue weighted by atomic mass is 9.91. The van der Waals surface area contributed by atoms with E-state index < -0.39 is 12.7 Å². The van der Waals surface area contributed by atoms with Crippen LogP contribution >= 0.6 is 24.0 Å². The van der Waals surface area contributed by atoms with Crippen molar-refractivity contribution in [1.82, 2.24) is 15.5 Å². The number of carbonyl (C=O) groups is 1. The number of likely N-dealkylation sites (tertiary alicyclic amines) is 1. The molecule has 0 radical (unpaired) electrons. The predicted octanol–water partition coefficient (Wildman–Crippen LogP) is 2.92. The standard InChI is InChI=1S/C19H26F3N5O.HI/c1-2-23-18(25-14-7-8-27(11-14)12-19(20,21)22)24-10-13-9-17(28)26-16-6-4-3-5-15(13)16;/h3-6,13-14H,2,7-12H2,1H3,(H,26,28)(H2,23,24,25);1H. The summed E-state index contributed by atoms with van der Waals surface area (Å²) >= 11 is 0. The molecule has 1 aromatic rings. The Bertz CT molecular complexity index is 728. The fraction of sp³-hybridized carbons (Fsp3) is 0.579. The maximum absolute atomic E-state index is 12.6. The molecule has 2 aliphatic heterocycles. The first-order valence-corrected chi connectivity index (χ1v) is 9.57. The monoisotopic (exact) mass is 525 g/mol. The summed E-state index contributed by atoms with van der Waals surface area (Å²) in [6.07, 6.45) is -3.18. The van der Waals surface area contributed by atoms with E-state index in [1.54, 1.807) is 0 Å². The van der Waals surface area contributed by atoms with Crippen molar-refractivity contribution in [3.63, 3.8) is 0 Å². The first-order chi connectivity index (χ1) is 13.3. The molecule has 0 aliphatic carbocycles. The minimum Gasteiger partial charge on any atom is -0.357 e. The molecule has 0 spiro atoms. The normalized spacial score (nSPS) is 22.5. The van der Waals surface area contributed by atoms with Gasteiger partial charge in [-0.05, 0) is 25.0 Å². The summed E-state index contributed by atoms with van der Waals surface area (Å²) in [5.74, 6) is 0.519. The molecule has 2 unspecified atom stereocenters. The molecule has 0 bridgehead atoms. The summed E-state index contributed by atoms with van der Waals surface area (Å²) < 4.78 is 37.7. The van der Waals surface area contributed by atoms with Crippen molar-refractivity contribution >= 4 is 41.5 Å². The molecule has 0 saturated carbocycles. The minimum atomic E-state index is -4.18. The number of hydrogen-bond donors (Lipinski definition) is 3. The lowest BCUT2D eigenvalue weighted by Gasteiger charge is -2.25.